The van der Waals surface area contributed by atoms with E-state index in [0.717, 1.165) is 10.6 Å². The van der Waals surface area contributed by atoms with Crippen molar-refractivity contribution in [2.75, 3.05) is 7.11 Å². The fourth-order valence-electron chi connectivity index (χ4n) is 2.36. The molecule has 8 nitrogen and oxygen atoms in total. The number of hydrogen-bond acceptors (Lipinski definition) is 6. The molecular weight excluding hydrogens is 316 g/mol. The Morgan fingerprint density at radius 3 is 2.54 bits per heavy atom. The minimum absolute atomic E-state index is 0.300. The SMILES string of the molecule is COC(=O)[C@@H]1OC(=O)N(NC(=O)OC(C)C)[C@H]1Cc1ccccc1. The second kappa shape index (κ2) is 7.67. The fourth-order valence-corrected chi connectivity index (χ4v) is 2.36. The molecule has 0 bridgehead atoms. The molecule has 24 heavy (non-hydrogen) atoms. The van der Waals surface area contributed by atoms with Gasteiger partial charge in [-0.3, -0.25) is 0 Å². The molecule has 1 N–H and O–H groups in total. The van der Waals surface area contributed by atoms with Gasteiger partial charge in [0.05, 0.1) is 13.2 Å². The Labute approximate surface area is 139 Å². The minimum Gasteiger partial charge on any atom is -0.466 e. The number of rotatable bonds is 5. The second-order valence-electron chi connectivity index (χ2n) is 5.52. The van der Waals surface area contributed by atoms with Crippen molar-refractivity contribution in [2.24, 2.45) is 0 Å². The summed E-state index contributed by atoms with van der Waals surface area (Å²) >= 11 is 0. The van der Waals surface area contributed by atoms with Crippen LogP contribution in [0.3, 0.4) is 0 Å². The number of hydrogen-bond donors (Lipinski definition) is 1. The van der Waals surface area contributed by atoms with Crippen molar-refractivity contribution in [1.29, 1.82) is 0 Å². The second-order valence-corrected chi connectivity index (χ2v) is 5.52. The number of carbonyl (C=O) groups excluding carboxylic acids is 3. The van der Waals surface area contributed by atoms with Gasteiger partial charge in [-0.2, -0.15) is 0 Å². The lowest BCUT2D eigenvalue weighted by atomic mass is 10.0. The molecule has 1 fully saturated rings. The number of nitrogens with zero attached hydrogens (tertiary/aromatic N) is 1. The van der Waals surface area contributed by atoms with Gasteiger partial charge in [0.2, 0.25) is 6.10 Å². The minimum atomic E-state index is -1.14. The molecule has 1 aromatic carbocycles. The van der Waals surface area contributed by atoms with E-state index in [4.69, 9.17) is 9.47 Å². The quantitative estimate of drug-likeness (QED) is 0.649. The summed E-state index contributed by atoms with van der Waals surface area (Å²) in [6, 6.07) is 8.49. The molecule has 2 amide bonds. The number of esters is 1. The zero-order valence-corrected chi connectivity index (χ0v) is 13.7. The Morgan fingerprint density at radius 2 is 1.96 bits per heavy atom. The fraction of sp³-hybridized carbons (Fsp3) is 0.438. The highest BCUT2D eigenvalue weighted by atomic mass is 16.6. The number of nitrogens with one attached hydrogen (secondary N) is 1. The van der Waals surface area contributed by atoms with Gasteiger partial charge in [0.1, 0.15) is 6.04 Å². The summed E-state index contributed by atoms with van der Waals surface area (Å²) in [4.78, 5) is 35.8. The van der Waals surface area contributed by atoms with E-state index < -0.39 is 30.3 Å². The maximum Gasteiger partial charge on any atom is 0.430 e. The molecule has 0 aromatic heterocycles. The molecule has 1 heterocycles. The van der Waals surface area contributed by atoms with Gasteiger partial charge in [-0.15, -0.1) is 0 Å². The van der Waals surface area contributed by atoms with Gasteiger partial charge >= 0.3 is 18.2 Å². The van der Waals surface area contributed by atoms with Crippen molar-refractivity contribution in [2.45, 2.75) is 38.5 Å². The molecule has 2 atom stereocenters. The first-order chi connectivity index (χ1) is 11.4. The van der Waals surface area contributed by atoms with Gasteiger partial charge in [-0.1, -0.05) is 30.3 Å². The van der Waals surface area contributed by atoms with Crippen LogP contribution in [0.25, 0.3) is 0 Å². The summed E-state index contributed by atoms with van der Waals surface area (Å²) in [5.74, 6) is -0.689. The summed E-state index contributed by atoms with van der Waals surface area (Å²) in [5, 5.41) is 0.972. The summed E-state index contributed by atoms with van der Waals surface area (Å²) in [6.45, 7) is 3.36. The van der Waals surface area contributed by atoms with Gasteiger partial charge in [-0.25, -0.2) is 24.8 Å². The van der Waals surface area contributed by atoms with E-state index in [1.54, 1.807) is 13.8 Å². The molecule has 1 aliphatic rings. The van der Waals surface area contributed by atoms with E-state index in [2.05, 4.69) is 10.2 Å². The maximum absolute atomic E-state index is 12.1. The molecular formula is C16H20N2O6. The van der Waals surface area contributed by atoms with E-state index in [1.807, 2.05) is 30.3 Å². The molecule has 2 rings (SSSR count). The Hall–Kier alpha value is -2.77. The zero-order valence-electron chi connectivity index (χ0n) is 13.7. The van der Waals surface area contributed by atoms with E-state index >= 15 is 0 Å². The van der Waals surface area contributed by atoms with Crippen molar-refractivity contribution in [3.05, 3.63) is 35.9 Å². The van der Waals surface area contributed by atoms with Crippen molar-refractivity contribution in [3.63, 3.8) is 0 Å². The Kier molecular flexibility index (Phi) is 5.62. The van der Waals surface area contributed by atoms with Crippen molar-refractivity contribution in [1.82, 2.24) is 10.4 Å². The number of methoxy groups -OCH3 is 1. The first kappa shape index (κ1) is 17.6. The lowest BCUT2D eigenvalue weighted by Gasteiger charge is -2.24. The van der Waals surface area contributed by atoms with Crippen molar-refractivity contribution >= 4 is 18.2 Å². The normalized spacial score (nSPS) is 19.8. The highest BCUT2D eigenvalue weighted by molar-refractivity contribution is 5.84. The lowest BCUT2D eigenvalue weighted by molar-refractivity contribution is -0.150. The third-order valence-corrected chi connectivity index (χ3v) is 3.38. The number of cyclic esters (lactones) is 1. The maximum atomic E-state index is 12.1. The Bertz CT molecular complexity index is 604. The van der Waals surface area contributed by atoms with Gasteiger partial charge in [-0.05, 0) is 25.8 Å². The first-order valence-electron chi connectivity index (χ1n) is 7.51. The zero-order chi connectivity index (χ0) is 17.7. The number of benzene rings is 1. The highest BCUT2D eigenvalue weighted by Crippen LogP contribution is 2.22. The van der Waals surface area contributed by atoms with E-state index in [9.17, 15) is 14.4 Å². The first-order valence-corrected chi connectivity index (χ1v) is 7.51. The number of carbonyl (C=O) groups is 3. The van der Waals surface area contributed by atoms with E-state index in [0.29, 0.717) is 6.42 Å². The monoisotopic (exact) mass is 336 g/mol. The molecule has 1 aliphatic heterocycles. The average Bonchev–Trinajstić information content (AvgIpc) is 2.83. The van der Waals surface area contributed by atoms with Crippen LogP contribution in [0.15, 0.2) is 30.3 Å². The van der Waals surface area contributed by atoms with Crippen LogP contribution in [0, 0.1) is 0 Å². The third kappa shape index (κ3) is 4.15. The van der Waals surface area contributed by atoms with E-state index in [-0.39, 0.29) is 6.10 Å². The van der Waals surface area contributed by atoms with Crippen LogP contribution in [-0.4, -0.2) is 48.5 Å². The third-order valence-electron chi connectivity index (χ3n) is 3.38. The molecule has 0 spiro atoms. The number of amides is 2. The smallest absolute Gasteiger partial charge is 0.430 e. The van der Waals surface area contributed by atoms with Gasteiger partial charge in [0.25, 0.3) is 0 Å². The molecule has 1 saturated heterocycles. The topological polar surface area (TPSA) is 94.2 Å². The highest BCUT2D eigenvalue weighted by Gasteiger charge is 2.47. The van der Waals surface area contributed by atoms with Crippen LogP contribution >= 0.6 is 0 Å². The molecule has 0 unspecified atom stereocenters. The van der Waals surface area contributed by atoms with Crippen LogP contribution in [-0.2, 0) is 25.4 Å². The van der Waals surface area contributed by atoms with Gasteiger partial charge < -0.3 is 14.2 Å². The van der Waals surface area contributed by atoms with Gasteiger partial charge in [0, 0.05) is 0 Å². The Morgan fingerprint density at radius 1 is 1.29 bits per heavy atom. The average molecular weight is 336 g/mol. The lowest BCUT2D eigenvalue weighted by Crippen LogP contribution is -2.51. The van der Waals surface area contributed by atoms with E-state index in [1.165, 1.54) is 7.11 Å². The van der Waals surface area contributed by atoms with Crippen LogP contribution < -0.4 is 5.43 Å². The molecule has 0 aliphatic carbocycles. The van der Waals surface area contributed by atoms with Crippen LogP contribution in [0.5, 0.6) is 0 Å². The molecule has 0 saturated carbocycles. The molecule has 1 aromatic rings. The Balaban J connectivity index is 2.20. The summed E-state index contributed by atoms with van der Waals surface area (Å²) < 4.78 is 14.7. The predicted molar refractivity (Wildman–Crippen MR) is 82.8 cm³/mol. The molecule has 8 heteroatoms. The number of hydrazine groups is 1. The van der Waals surface area contributed by atoms with Crippen LogP contribution in [0.2, 0.25) is 0 Å². The van der Waals surface area contributed by atoms with Crippen molar-refractivity contribution in [3.8, 4) is 0 Å². The molecule has 0 radical (unpaired) electrons. The van der Waals surface area contributed by atoms with Gasteiger partial charge in [0.15, 0.2) is 0 Å². The molecule has 130 valence electrons. The standard InChI is InChI=1S/C16H20N2O6/c1-10(2)23-15(20)17-18-12(9-11-7-5-4-6-8-11)13(14(19)22-3)24-16(18)21/h4-8,10,12-13H,9H2,1-3H3,(H,17,20)/t12-,13+/m0/s1. The largest absolute Gasteiger partial charge is 0.466 e. The summed E-state index contributed by atoms with van der Waals surface area (Å²) in [7, 11) is 1.21. The van der Waals surface area contributed by atoms with Crippen LogP contribution in [0.4, 0.5) is 9.59 Å². The summed E-state index contributed by atoms with van der Waals surface area (Å²) in [5.41, 5.74) is 3.20. The van der Waals surface area contributed by atoms with Crippen molar-refractivity contribution < 1.29 is 28.6 Å². The predicted octanol–water partition coefficient (Wildman–Crippen LogP) is 1.64. The summed E-state index contributed by atoms with van der Waals surface area (Å²) in [6.07, 6.45) is -2.83. The van der Waals surface area contributed by atoms with Crippen LogP contribution in [0.1, 0.15) is 19.4 Å². The number of ether oxygens (including phenoxy) is 3.